The lowest BCUT2D eigenvalue weighted by molar-refractivity contribution is 0.0921. The topological polar surface area (TPSA) is 29.5 Å². The quantitative estimate of drug-likeness (QED) is 0.792. The van der Waals surface area contributed by atoms with Gasteiger partial charge < -0.3 is 4.74 Å². The van der Waals surface area contributed by atoms with E-state index in [9.17, 15) is 4.79 Å². The number of carbonyl (C=O) groups is 1. The van der Waals surface area contributed by atoms with E-state index in [1.807, 2.05) is 36.4 Å². The molecule has 1 heterocycles. The minimum Gasteiger partial charge on any atom is -0.496 e. The zero-order valence-electron chi connectivity index (χ0n) is 13.8. The highest BCUT2D eigenvalue weighted by Gasteiger charge is 2.21. The third-order valence-electron chi connectivity index (χ3n) is 4.57. The highest BCUT2D eigenvalue weighted by molar-refractivity contribution is 5.97. The molecule has 0 saturated carbocycles. The van der Waals surface area contributed by atoms with E-state index in [0.717, 1.165) is 37.2 Å². The van der Waals surface area contributed by atoms with Crippen LogP contribution in [0.25, 0.3) is 0 Å². The summed E-state index contributed by atoms with van der Waals surface area (Å²) in [5.74, 6) is 1.16. The molecule has 0 aliphatic carbocycles. The fraction of sp³-hybridized carbons (Fsp3) is 0.350. The SMILES string of the molecule is CCc1ccc(C(=O)CN2CCc3c(cccc3OC)C2)cc1. The summed E-state index contributed by atoms with van der Waals surface area (Å²) in [6.07, 6.45) is 1.93. The summed E-state index contributed by atoms with van der Waals surface area (Å²) in [4.78, 5) is 14.7. The van der Waals surface area contributed by atoms with E-state index in [1.165, 1.54) is 16.7 Å². The van der Waals surface area contributed by atoms with Gasteiger partial charge in [-0.1, -0.05) is 43.3 Å². The number of aryl methyl sites for hydroxylation is 1. The Morgan fingerprint density at radius 2 is 1.96 bits per heavy atom. The maximum absolute atomic E-state index is 12.5. The number of methoxy groups -OCH3 is 1. The molecule has 3 rings (SSSR count). The maximum atomic E-state index is 12.5. The Bertz CT molecular complexity index is 691. The van der Waals surface area contributed by atoms with Crippen molar-refractivity contribution < 1.29 is 9.53 Å². The van der Waals surface area contributed by atoms with Gasteiger partial charge in [-0.2, -0.15) is 0 Å². The predicted octanol–water partition coefficient (Wildman–Crippen LogP) is 3.50. The number of hydrogen-bond donors (Lipinski definition) is 0. The molecule has 1 aliphatic heterocycles. The molecule has 2 aromatic carbocycles. The molecule has 0 atom stereocenters. The van der Waals surface area contributed by atoms with Gasteiger partial charge in [-0.05, 0) is 35.6 Å². The standard InChI is InChI=1S/C20H23NO2/c1-3-15-7-9-16(10-8-15)19(22)14-21-12-11-18-17(13-21)5-4-6-20(18)23-2/h4-10H,3,11-14H2,1-2H3. The second kappa shape index (κ2) is 6.97. The Morgan fingerprint density at radius 1 is 1.17 bits per heavy atom. The second-order valence-electron chi connectivity index (χ2n) is 6.03. The van der Waals surface area contributed by atoms with Crippen LogP contribution in [-0.2, 0) is 19.4 Å². The summed E-state index contributed by atoms with van der Waals surface area (Å²) < 4.78 is 5.43. The van der Waals surface area contributed by atoms with Gasteiger partial charge in [0.2, 0.25) is 0 Å². The molecule has 1 aliphatic rings. The number of rotatable bonds is 5. The van der Waals surface area contributed by atoms with Crippen molar-refractivity contribution >= 4 is 5.78 Å². The van der Waals surface area contributed by atoms with Gasteiger partial charge in [0.05, 0.1) is 13.7 Å². The van der Waals surface area contributed by atoms with E-state index >= 15 is 0 Å². The summed E-state index contributed by atoms with van der Waals surface area (Å²) in [7, 11) is 1.71. The Balaban J connectivity index is 1.68. The zero-order valence-corrected chi connectivity index (χ0v) is 13.8. The van der Waals surface area contributed by atoms with Crippen LogP contribution in [0.4, 0.5) is 0 Å². The molecule has 0 N–H and O–H groups in total. The van der Waals surface area contributed by atoms with Gasteiger partial charge in [0.25, 0.3) is 0 Å². The fourth-order valence-electron chi connectivity index (χ4n) is 3.18. The van der Waals surface area contributed by atoms with Crippen LogP contribution in [0, 0.1) is 0 Å². The molecule has 3 heteroatoms. The van der Waals surface area contributed by atoms with Crippen molar-refractivity contribution in [3.05, 3.63) is 64.7 Å². The first kappa shape index (κ1) is 15.8. The van der Waals surface area contributed by atoms with Crippen LogP contribution in [0.2, 0.25) is 0 Å². The largest absolute Gasteiger partial charge is 0.496 e. The van der Waals surface area contributed by atoms with E-state index in [4.69, 9.17) is 4.74 Å². The van der Waals surface area contributed by atoms with Gasteiger partial charge in [-0.25, -0.2) is 0 Å². The van der Waals surface area contributed by atoms with Crippen molar-refractivity contribution in [2.45, 2.75) is 26.3 Å². The summed E-state index contributed by atoms with van der Waals surface area (Å²) >= 11 is 0. The Kier molecular flexibility index (Phi) is 4.77. The molecule has 120 valence electrons. The third-order valence-corrected chi connectivity index (χ3v) is 4.57. The van der Waals surface area contributed by atoms with Crippen molar-refractivity contribution in [2.24, 2.45) is 0 Å². The molecule has 0 radical (unpaired) electrons. The van der Waals surface area contributed by atoms with E-state index in [-0.39, 0.29) is 5.78 Å². The van der Waals surface area contributed by atoms with Crippen LogP contribution in [0.3, 0.4) is 0 Å². The molecule has 0 unspecified atom stereocenters. The van der Waals surface area contributed by atoms with E-state index in [2.05, 4.69) is 17.9 Å². The lowest BCUT2D eigenvalue weighted by atomic mass is 9.98. The van der Waals surface area contributed by atoms with Gasteiger partial charge in [0.15, 0.2) is 5.78 Å². The van der Waals surface area contributed by atoms with Crippen LogP contribution in [-0.4, -0.2) is 30.9 Å². The minimum absolute atomic E-state index is 0.194. The predicted molar refractivity (Wildman–Crippen MR) is 92.1 cm³/mol. The number of ketones is 1. The molecule has 0 aromatic heterocycles. The molecular weight excluding hydrogens is 286 g/mol. The smallest absolute Gasteiger partial charge is 0.176 e. The molecular formula is C20H23NO2. The van der Waals surface area contributed by atoms with Crippen molar-refractivity contribution in [1.82, 2.24) is 4.90 Å². The maximum Gasteiger partial charge on any atom is 0.176 e. The lowest BCUT2D eigenvalue weighted by Gasteiger charge is -2.29. The second-order valence-corrected chi connectivity index (χ2v) is 6.03. The number of benzene rings is 2. The third kappa shape index (κ3) is 3.45. The summed E-state index contributed by atoms with van der Waals surface area (Å²) in [5.41, 5.74) is 4.62. The van der Waals surface area contributed by atoms with Crippen LogP contribution < -0.4 is 4.74 Å². The lowest BCUT2D eigenvalue weighted by Crippen LogP contribution is -2.35. The number of carbonyl (C=O) groups excluding carboxylic acids is 1. The average molecular weight is 309 g/mol. The Hall–Kier alpha value is -2.13. The summed E-state index contributed by atoms with van der Waals surface area (Å²) in [6, 6.07) is 14.1. The van der Waals surface area contributed by atoms with Crippen LogP contribution in [0.1, 0.15) is 34.0 Å². The van der Waals surface area contributed by atoms with Crippen molar-refractivity contribution in [1.29, 1.82) is 0 Å². The summed E-state index contributed by atoms with van der Waals surface area (Å²) in [6.45, 7) is 4.30. The molecule has 0 saturated heterocycles. The number of nitrogens with zero attached hydrogens (tertiary/aromatic N) is 1. The number of hydrogen-bond acceptors (Lipinski definition) is 3. The van der Waals surface area contributed by atoms with Crippen molar-refractivity contribution in [3.8, 4) is 5.75 Å². The minimum atomic E-state index is 0.194. The average Bonchev–Trinajstić information content (AvgIpc) is 2.61. The number of ether oxygens (including phenoxy) is 1. The highest BCUT2D eigenvalue weighted by atomic mass is 16.5. The van der Waals surface area contributed by atoms with Gasteiger partial charge in [-0.15, -0.1) is 0 Å². The molecule has 0 spiro atoms. The van der Waals surface area contributed by atoms with Crippen molar-refractivity contribution in [3.63, 3.8) is 0 Å². The van der Waals surface area contributed by atoms with Gasteiger partial charge >= 0.3 is 0 Å². The molecule has 23 heavy (non-hydrogen) atoms. The summed E-state index contributed by atoms with van der Waals surface area (Å²) in [5, 5.41) is 0. The molecule has 3 nitrogen and oxygen atoms in total. The van der Waals surface area contributed by atoms with Gasteiger partial charge in [0.1, 0.15) is 5.75 Å². The Labute approximate surface area is 137 Å². The van der Waals surface area contributed by atoms with Gasteiger partial charge in [0, 0.05) is 18.7 Å². The first-order chi connectivity index (χ1) is 11.2. The number of Topliss-reactive ketones (excluding diaryl/α,β-unsaturated/α-hetero) is 1. The van der Waals surface area contributed by atoms with E-state index in [1.54, 1.807) is 7.11 Å². The Morgan fingerprint density at radius 3 is 2.65 bits per heavy atom. The van der Waals surface area contributed by atoms with Crippen molar-refractivity contribution in [2.75, 3.05) is 20.2 Å². The zero-order chi connectivity index (χ0) is 16.2. The molecule has 0 bridgehead atoms. The van der Waals surface area contributed by atoms with E-state index < -0.39 is 0 Å². The van der Waals surface area contributed by atoms with Crippen LogP contribution in [0.5, 0.6) is 5.75 Å². The normalized spacial score (nSPS) is 14.3. The highest BCUT2D eigenvalue weighted by Crippen LogP contribution is 2.27. The first-order valence-electron chi connectivity index (χ1n) is 8.20. The van der Waals surface area contributed by atoms with Crippen LogP contribution >= 0.6 is 0 Å². The first-order valence-corrected chi connectivity index (χ1v) is 8.20. The fourth-order valence-corrected chi connectivity index (χ4v) is 3.18. The number of fused-ring (bicyclic) bond motifs is 1. The molecule has 0 fully saturated rings. The monoisotopic (exact) mass is 309 g/mol. The van der Waals surface area contributed by atoms with Gasteiger partial charge in [-0.3, -0.25) is 9.69 Å². The van der Waals surface area contributed by atoms with E-state index in [0.29, 0.717) is 6.54 Å². The molecule has 0 amide bonds. The molecule has 2 aromatic rings. The van der Waals surface area contributed by atoms with Crippen LogP contribution in [0.15, 0.2) is 42.5 Å².